The molecule has 0 amide bonds. The van der Waals surface area contributed by atoms with E-state index < -0.39 is 6.23 Å². The summed E-state index contributed by atoms with van der Waals surface area (Å²) in [5.41, 5.74) is 2.32. The number of aromatic hydroxyl groups is 1. The van der Waals surface area contributed by atoms with Gasteiger partial charge in [-0.2, -0.15) is 5.10 Å². The van der Waals surface area contributed by atoms with Crippen LogP contribution in [0.25, 0.3) is 0 Å². The molecule has 1 aromatic heterocycles. The third-order valence-corrected chi connectivity index (χ3v) is 5.28. The maximum absolute atomic E-state index is 10.4. The Morgan fingerprint density at radius 1 is 1.04 bits per heavy atom. The third-order valence-electron chi connectivity index (χ3n) is 4.81. The molecule has 2 atom stereocenters. The van der Waals surface area contributed by atoms with E-state index in [1.807, 2.05) is 29.3 Å². The summed E-state index contributed by atoms with van der Waals surface area (Å²) in [6, 6.07) is 14.0. The molecule has 2 aliphatic heterocycles. The molecule has 0 bridgehead atoms. The van der Waals surface area contributed by atoms with E-state index >= 15 is 0 Å². The van der Waals surface area contributed by atoms with Crippen LogP contribution in [0, 0.1) is 0 Å². The van der Waals surface area contributed by atoms with Gasteiger partial charge in [0.15, 0.2) is 0 Å². The first-order chi connectivity index (χ1) is 13.1. The average Bonchev–Trinajstić information content (AvgIpc) is 3.32. The van der Waals surface area contributed by atoms with E-state index in [9.17, 15) is 5.11 Å². The van der Waals surface area contributed by atoms with Gasteiger partial charge in [0.05, 0.1) is 17.9 Å². The molecule has 0 aliphatic carbocycles. The van der Waals surface area contributed by atoms with E-state index in [1.165, 1.54) is 0 Å². The fourth-order valence-electron chi connectivity index (χ4n) is 3.58. The van der Waals surface area contributed by atoms with Crippen LogP contribution in [0.2, 0.25) is 10.0 Å². The monoisotopic (exact) mass is 400 g/mol. The Balaban J connectivity index is 1.65. The van der Waals surface area contributed by atoms with Crippen molar-refractivity contribution in [2.45, 2.75) is 18.7 Å². The summed E-state index contributed by atoms with van der Waals surface area (Å²) < 4.78 is 11.7. The van der Waals surface area contributed by atoms with Crippen molar-refractivity contribution in [3.05, 3.63) is 81.7 Å². The molecule has 3 aromatic rings. The van der Waals surface area contributed by atoms with Gasteiger partial charge >= 0.3 is 0 Å². The molecule has 1 N–H and O–H groups in total. The zero-order valence-electron chi connectivity index (χ0n) is 14.0. The van der Waals surface area contributed by atoms with Crippen molar-refractivity contribution in [1.82, 2.24) is 5.01 Å². The minimum atomic E-state index is -0.616. The molecule has 0 radical (unpaired) electrons. The average molecular weight is 401 g/mol. The highest BCUT2D eigenvalue weighted by atomic mass is 35.5. The second kappa shape index (κ2) is 6.22. The van der Waals surface area contributed by atoms with Gasteiger partial charge < -0.3 is 14.3 Å². The van der Waals surface area contributed by atoms with Gasteiger partial charge in [-0.15, -0.1) is 0 Å². The molecule has 0 spiro atoms. The standard InChI is InChI=1S/C20H14Cl2N2O3/c21-11-3-5-17(25)14(9-11)20-24-16(10-15(23-24)19-2-1-7-26-19)13-8-12(22)4-6-18(13)27-20/h1-9,16,20,25H,10H2/t16-,20-/m0/s1. The molecule has 2 aromatic carbocycles. The smallest absolute Gasteiger partial charge is 0.217 e. The van der Waals surface area contributed by atoms with Gasteiger partial charge in [-0.05, 0) is 48.5 Å². The number of hydrogen-bond acceptors (Lipinski definition) is 5. The first-order valence-electron chi connectivity index (χ1n) is 8.44. The predicted octanol–water partition coefficient (Wildman–Crippen LogP) is 5.53. The summed E-state index contributed by atoms with van der Waals surface area (Å²) in [6.07, 6.45) is 1.65. The molecule has 7 heteroatoms. The van der Waals surface area contributed by atoms with Crippen LogP contribution in [-0.4, -0.2) is 15.8 Å². The van der Waals surface area contributed by atoms with Crippen molar-refractivity contribution >= 4 is 28.9 Å². The third kappa shape index (κ3) is 2.74. The Morgan fingerprint density at radius 2 is 1.81 bits per heavy atom. The Labute approximate surface area is 165 Å². The molecule has 27 heavy (non-hydrogen) atoms. The fourth-order valence-corrected chi connectivity index (χ4v) is 3.94. The number of phenols is 1. The minimum Gasteiger partial charge on any atom is -0.507 e. The quantitative estimate of drug-likeness (QED) is 0.613. The lowest BCUT2D eigenvalue weighted by atomic mass is 9.97. The van der Waals surface area contributed by atoms with E-state index in [1.54, 1.807) is 30.5 Å². The molecule has 2 aliphatic rings. The van der Waals surface area contributed by atoms with Crippen LogP contribution in [0.5, 0.6) is 11.5 Å². The van der Waals surface area contributed by atoms with E-state index in [0.29, 0.717) is 33.5 Å². The number of phenolic OH excluding ortho intramolecular Hbond substituents is 1. The Bertz CT molecular complexity index is 1050. The molecular formula is C20H14Cl2N2O3. The van der Waals surface area contributed by atoms with Crippen LogP contribution < -0.4 is 4.74 Å². The number of rotatable bonds is 2. The first kappa shape index (κ1) is 16.5. The molecule has 5 rings (SSSR count). The number of nitrogens with zero attached hydrogens (tertiary/aromatic N) is 2. The molecule has 0 saturated heterocycles. The van der Waals surface area contributed by atoms with E-state index in [-0.39, 0.29) is 11.8 Å². The van der Waals surface area contributed by atoms with Crippen molar-refractivity contribution in [2.24, 2.45) is 5.10 Å². The maximum atomic E-state index is 10.4. The van der Waals surface area contributed by atoms with Crippen molar-refractivity contribution in [1.29, 1.82) is 0 Å². The van der Waals surface area contributed by atoms with Crippen LogP contribution in [0.4, 0.5) is 0 Å². The van der Waals surface area contributed by atoms with E-state index in [4.69, 9.17) is 37.5 Å². The predicted molar refractivity (Wildman–Crippen MR) is 102 cm³/mol. The van der Waals surface area contributed by atoms with Gasteiger partial charge in [-0.1, -0.05) is 23.2 Å². The number of furan rings is 1. The Hall–Kier alpha value is -2.63. The summed E-state index contributed by atoms with van der Waals surface area (Å²) in [5.74, 6) is 1.52. The highest BCUT2D eigenvalue weighted by molar-refractivity contribution is 6.31. The summed E-state index contributed by atoms with van der Waals surface area (Å²) in [6.45, 7) is 0. The lowest BCUT2D eigenvalue weighted by Gasteiger charge is -2.38. The minimum absolute atomic E-state index is 0.0871. The van der Waals surface area contributed by atoms with Crippen LogP contribution >= 0.6 is 23.2 Å². The largest absolute Gasteiger partial charge is 0.507 e. The lowest BCUT2D eigenvalue weighted by molar-refractivity contribution is -0.0203. The zero-order chi connectivity index (χ0) is 18.5. The molecule has 136 valence electrons. The SMILES string of the molecule is Oc1ccc(Cl)cc1[C@@H]1Oc2ccc(Cl)cc2[C@@H]2CC(c3ccco3)=NN21. The van der Waals surface area contributed by atoms with Gasteiger partial charge in [-0.3, -0.25) is 0 Å². The second-order valence-electron chi connectivity index (χ2n) is 6.48. The number of hydrogen-bond donors (Lipinski definition) is 1. The van der Waals surface area contributed by atoms with Crippen molar-refractivity contribution in [3.8, 4) is 11.5 Å². The summed E-state index contributed by atoms with van der Waals surface area (Å²) in [4.78, 5) is 0. The summed E-state index contributed by atoms with van der Waals surface area (Å²) in [5, 5.41) is 18.1. The zero-order valence-corrected chi connectivity index (χ0v) is 15.5. The second-order valence-corrected chi connectivity index (χ2v) is 7.35. The van der Waals surface area contributed by atoms with E-state index in [0.717, 1.165) is 11.3 Å². The van der Waals surface area contributed by atoms with Gasteiger partial charge in [0.25, 0.3) is 0 Å². The normalized spacial score (nSPS) is 20.7. The molecule has 5 nitrogen and oxygen atoms in total. The molecule has 3 heterocycles. The van der Waals surface area contributed by atoms with Crippen LogP contribution in [0.3, 0.4) is 0 Å². The fraction of sp³-hybridized carbons (Fsp3) is 0.150. The highest BCUT2D eigenvalue weighted by Crippen LogP contribution is 2.49. The number of benzene rings is 2. The Kier molecular flexibility index (Phi) is 3.81. The number of hydrazone groups is 1. The van der Waals surface area contributed by atoms with Crippen LogP contribution in [-0.2, 0) is 0 Å². The molecule has 0 unspecified atom stereocenters. The van der Waals surface area contributed by atoms with Crippen LogP contribution in [0.15, 0.2) is 64.3 Å². The van der Waals surface area contributed by atoms with Gasteiger partial charge in [0.2, 0.25) is 6.23 Å². The van der Waals surface area contributed by atoms with Crippen molar-refractivity contribution in [3.63, 3.8) is 0 Å². The number of halogens is 2. The van der Waals surface area contributed by atoms with E-state index in [2.05, 4.69) is 0 Å². The van der Waals surface area contributed by atoms with Crippen LogP contribution in [0.1, 0.15) is 35.6 Å². The van der Waals surface area contributed by atoms with Gasteiger partial charge in [-0.25, -0.2) is 5.01 Å². The Morgan fingerprint density at radius 3 is 2.59 bits per heavy atom. The lowest BCUT2D eigenvalue weighted by Crippen LogP contribution is -2.33. The van der Waals surface area contributed by atoms with Gasteiger partial charge in [0, 0.05) is 22.0 Å². The molecule has 0 saturated carbocycles. The number of fused-ring (bicyclic) bond motifs is 3. The van der Waals surface area contributed by atoms with Crippen molar-refractivity contribution in [2.75, 3.05) is 0 Å². The summed E-state index contributed by atoms with van der Waals surface area (Å²) in [7, 11) is 0. The van der Waals surface area contributed by atoms with Crippen molar-refractivity contribution < 1.29 is 14.3 Å². The van der Waals surface area contributed by atoms with Gasteiger partial charge in [0.1, 0.15) is 23.0 Å². The molecular weight excluding hydrogens is 387 g/mol. The maximum Gasteiger partial charge on any atom is 0.217 e. The highest BCUT2D eigenvalue weighted by Gasteiger charge is 2.42. The topological polar surface area (TPSA) is 58.2 Å². The molecule has 0 fully saturated rings. The summed E-state index contributed by atoms with van der Waals surface area (Å²) >= 11 is 12.4. The first-order valence-corrected chi connectivity index (χ1v) is 9.20. The number of ether oxygens (including phenoxy) is 1.